The highest BCUT2D eigenvalue weighted by Gasteiger charge is 2.31. The van der Waals surface area contributed by atoms with E-state index in [0.29, 0.717) is 58.6 Å². The number of urea groups is 1. The molecule has 1 aromatic carbocycles. The van der Waals surface area contributed by atoms with Gasteiger partial charge in [-0.3, -0.25) is 25.0 Å². The van der Waals surface area contributed by atoms with Crippen LogP contribution in [0.4, 0.5) is 10.6 Å². The molecule has 0 atom stereocenters. The zero-order valence-electron chi connectivity index (χ0n) is 21.1. The highest BCUT2D eigenvalue weighted by Crippen LogP contribution is 2.29. The molecule has 0 saturated carbocycles. The molecular weight excluding hydrogens is 552 g/mol. The molecule has 5 rings (SSSR count). The van der Waals surface area contributed by atoms with Gasteiger partial charge in [-0.1, -0.05) is 35.9 Å². The van der Waals surface area contributed by atoms with Crippen molar-refractivity contribution in [1.82, 2.24) is 20.5 Å². The number of piperidine rings is 1. The first-order valence-electron chi connectivity index (χ1n) is 12.5. The Morgan fingerprint density at radius 2 is 1.80 bits per heavy atom. The lowest BCUT2D eigenvalue weighted by Gasteiger charge is -2.39. The number of barbiturate groups is 1. The van der Waals surface area contributed by atoms with E-state index in [1.54, 1.807) is 42.6 Å². The van der Waals surface area contributed by atoms with Crippen LogP contribution < -0.4 is 15.5 Å². The summed E-state index contributed by atoms with van der Waals surface area (Å²) < 4.78 is 0.534. The average molecular weight is 575 g/mol. The standard InChI is InChI=1S/C28H23ClN6O4S/c29-23-8-7-22(40-23)27(38)35(20-9-12-34(13-10-20)24-19(15-30)2-1-11-31-24)16-18-5-3-17(4-6-18)14-21-25(36)32-28(39)33-26(21)37/h1-8,11,14,20H,9-10,12-13,16H2,(H2,32,33,36,37,39). The number of hydrogen-bond acceptors (Lipinski definition) is 8. The summed E-state index contributed by atoms with van der Waals surface area (Å²) in [5.41, 5.74) is 1.81. The van der Waals surface area contributed by atoms with Crippen LogP contribution >= 0.6 is 22.9 Å². The van der Waals surface area contributed by atoms with E-state index in [0.717, 1.165) is 5.56 Å². The lowest BCUT2D eigenvalue weighted by Crippen LogP contribution is -2.51. The van der Waals surface area contributed by atoms with E-state index >= 15 is 0 Å². The molecule has 4 heterocycles. The molecule has 2 fully saturated rings. The van der Waals surface area contributed by atoms with Gasteiger partial charge in [-0.05, 0) is 54.3 Å². The first-order chi connectivity index (χ1) is 19.3. The van der Waals surface area contributed by atoms with E-state index in [2.05, 4.69) is 16.0 Å². The summed E-state index contributed by atoms with van der Waals surface area (Å²) in [7, 11) is 0. The van der Waals surface area contributed by atoms with Gasteiger partial charge in [0.05, 0.1) is 14.8 Å². The maximum absolute atomic E-state index is 13.6. The number of aromatic nitrogens is 1. The number of thiophene rings is 1. The average Bonchev–Trinajstić information content (AvgIpc) is 3.40. The number of amides is 5. The fraction of sp³-hybridized carbons (Fsp3) is 0.214. The van der Waals surface area contributed by atoms with Crippen molar-refractivity contribution in [3.63, 3.8) is 0 Å². The fourth-order valence-electron chi connectivity index (χ4n) is 4.75. The fourth-order valence-corrected chi connectivity index (χ4v) is 5.75. The minimum absolute atomic E-state index is 0.0483. The Kier molecular flexibility index (Phi) is 7.91. The van der Waals surface area contributed by atoms with Crippen molar-refractivity contribution < 1.29 is 19.2 Å². The van der Waals surface area contributed by atoms with Crippen molar-refractivity contribution in [3.8, 4) is 6.07 Å². The van der Waals surface area contributed by atoms with E-state index in [-0.39, 0.29) is 17.5 Å². The molecule has 202 valence electrons. The molecular formula is C28H23ClN6O4S. The zero-order valence-corrected chi connectivity index (χ0v) is 22.7. The molecule has 2 aliphatic heterocycles. The number of imide groups is 2. The first kappa shape index (κ1) is 27.1. The van der Waals surface area contributed by atoms with Gasteiger partial charge in [0.1, 0.15) is 17.5 Å². The van der Waals surface area contributed by atoms with Crippen LogP contribution in [0, 0.1) is 11.3 Å². The van der Waals surface area contributed by atoms with Gasteiger partial charge in [-0.25, -0.2) is 9.78 Å². The number of rotatable bonds is 6. The third-order valence-electron chi connectivity index (χ3n) is 6.74. The molecule has 0 bridgehead atoms. The zero-order chi connectivity index (χ0) is 28.2. The van der Waals surface area contributed by atoms with Crippen molar-refractivity contribution in [1.29, 1.82) is 5.26 Å². The van der Waals surface area contributed by atoms with Crippen LogP contribution in [0.25, 0.3) is 6.08 Å². The molecule has 0 spiro atoms. The summed E-state index contributed by atoms with van der Waals surface area (Å²) in [4.78, 5) is 57.9. The third kappa shape index (κ3) is 5.88. The van der Waals surface area contributed by atoms with Gasteiger partial charge in [0.25, 0.3) is 17.7 Å². The van der Waals surface area contributed by atoms with Crippen LogP contribution in [-0.2, 0) is 16.1 Å². The van der Waals surface area contributed by atoms with Gasteiger partial charge in [0.15, 0.2) is 0 Å². The monoisotopic (exact) mass is 574 g/mol. The van der Waals surface area contributed by atoms with Gasteiger partial charge in [0, 0.05) is 31.9 Å². The summed E-state index contributed by atoms with van der Waals surface area (Å²) in [6, 6.07) is 15.4. The van der Waals surface area contributed by atoms with E-state index < -0.39 is 17.8 Å². The Labute approximate surface area is 238 Å². The second-order valence-corrected chi connectivity index (χ2v) is 11.0. The Morgan fingerprint density at radius 1 is 1.10 bits per heavy atom. The number of benzene rings is 1. The number of nitrogens with one attached hydrogen (secondary N) is 2. The quantitative estimate of drug-likeness (QED) is 0.338. The molecule has 2 saturated heterocycles. The van der Waals surface area contributed by atoms with Crippen molar-refractivity contribution in [3.05, 3.63) is 86.2 Å². The Hall–Kier alpha value is -4.53. The largest absolute Gasteiger partial charge is 0.355 e. The number of carbonyl (C=O) groups excluding carboxylic acids is 4. The van der Waals surface area contributed by atoms with Gasteiger partial charge in [0.2, 0.25) is 0 Å². The molecule has 0 aliphatic carbocycles. The number of pyridine rings is 1. The number of nitriles is 1. The molecule has 12 heteroatoms. The lowest BCUT2D eigenvalue weighted by atomic mass is 10.0. The second kappa shape index (κ2) is 11.7. The van der Waals surface area contributed by atoms with Crippen LogP contribution in [0.2, 0.25) is 4.34 Å². The minimum atomic E-state index is -0.851. The molecule has 2 aromatic heterocycles. The van der Waals surface area contributed by atoms with Gasteiger partial charge in [-0.15, -0.1) is 11.3 Å². The molecule has 0 unspecified atom stereocenters. The van der Waals surface area contributed by atoms with Crippen molar-refractivity contribution in [2.24, 2.45) is 0 Å². The van der Waals surface area contributed by atoms with Crippen LogP contribution in [0.3, 0.4) is 0 Å². The number of carbonyl (C=O) groups is 4. The summed E-state index contributed by atoms with van der Waals surface area (Å²) in [6.07, 6.45) is 4.46. The molecule has 3 aromatic rings. The first-order valence-corrected chi connectivity index (χ1v) is 13.7. The molecule has 0 radical (unpaired) electrons. The highest BCUT2D eigenvalue weighted by molar-refractivity contribution is 7.17. The van der Waals surface area contributed by atoms with Crippen LogP contribution in [-0.4, -0.2) is 52.8 Å². The van der Waals surface area contributed by atoms with Crippen molar-refractivity contribution in [2.45, 2.75) is 25.4 Å². The van der Waals surface area contributed by atoms with E-state index in [1.165, 1.54) is 17.4 Å². The van der Waals surface area contributed by atoms with Crippen molar-refractivity contribution in [2.75, 3.05) is 18.0 Å². The van der Waals surface area contributed by atoms with E-state index in [4.69, 9.17) is 11.6 Å². The smallest absolute Gasteiger partial charge is 0.328 e. The molecule has 2 N–H and O–H groups in total. The Bertz CT molecular complexity index is 1530. The maximum atomic E-state index is 13.6. The Balaban J connectivity index is 1.34. The summed E-state index contributed by atoms with van der Waals surface area (Å²) in [6.45, 7) is 1.63. The topological polar surface area (TPSA) is 136 Å². The number of nitrogens with zero attached hydrogens (tertiary/aromatic N) is 4. The van der Waals surface area contributed by atoms with Crippen LogP contribution in [0.5, 0.6) is 0 Å². The molecule has 2 aliphatic rings. The van der Waals surface area contributed by atoms with Gasteiger partial charge < -0.3 is 9.80 Å². The number of hydrogen-bond donors (Lipinski definition) is 2. The second-order valence-electron chi connectivity index (χ2n) is 9.28. The van der Waals surface area contributed by atoms with Gasteiger partial charge >= 0.3 is 6.03 Å². The summed E-state index contributed by atoms with van der Waals surface area (Å²) >= 11 is 7.36. The number of anilines is 1. The predicted octanol–water partition coefficient (Wildman–Crippen LogP) is 3.73. The van der Waals surface area contributed by atoms with Crippen LogP contribution in [0.1, 0.15) is 39.2 Å². The molecule has 40 heavy (non-hydrogen) atoms. The Morgan fingerprint density at radius 3 is 2.42 bits per heavy atom. The van der Waals surface area contributed by atoms with Crippen LogP contribution in [0.15, 0.2) is 60.3 Å². The molecule has 10 nitrogen and oxygen atoms in total. The summed E-state index contributed by atoms with van der Waals surface area (Å²) in [5, 5.41) is 13.6. The van der Waals surface area contributed by atoms with Gasteiger partial charge in [-0.2, -0.15) is 5.26 Å². The van der Waals surface area contributed by atoms with E-state index in [9.17, 15) is 24.4 Å². The van der Waals surface area contributed by atoms with E-state index in [1.807, 2.05) is 27.7 Å². The van der Waals surface area contributed by atoms with Crippen molar-refractivity contribution >= 4 is 58.6 Å². The lowest BCUT2D eigenvalue weighted by molar-refractivity contribution is -0.123. The minimum Gasteiger partial charge on any atom is -0.355 e. The summed E-state index contributed by atoms with van der Waals surface area (Å²) in [5.74, 6) is -0.982. The highest BCUT2D eigenvalue weighted by atomic mass is 35.5. The molecule has 5 amide bonds. The predicted molar refractivity (Wildman–Crippen MR) is 149 cm³/mol. The normalized spacial score (nSPS) is 15.8. The maximum Gasteiger partial charge on any atom is 0.328 e. The number of halogens is 1. The third-order valence-corrected chi connectivity index (χ3v) is 7.96. The SMILES string of the molecule is N#Cc1cccnc1N1CCC(N(Cc2ccc(C=C3C(=O)NC(=O)NC3=O)cc2)C(=O)c2ccc(Cl)s2)CC1.